The first-order chi connectivity index (χ1) is 10.0. The van der Waals surface area contributed by atoms with E-state index in [-0.39, 0.29) is 29.7 Å². The average Bonchev–Trinajstić information content (AvgIpc) is 2.47. The van der Waals surface area contributed by atoms with Gasteiger partial charge in [0.05, 0.1) is 19.1 Å². The third-order valence-electron chi connectivity index (χ3n) is 4.17. The Morgan fingerprint density at radius 2 is 2.14 bits per heavy atom. The molecule has 2 rings (SSSR count). The lowest BCUT2D eigenvalue weighted by molar-refractivity contribution is -0.127. The Labute approximate surface area is 124 Å². The van der Waals surface area contributed by atoms with Crippen molar-refractivity contribution in [3.05, 3.63) is 29.6 Å². The molecule has 1 saturated carbocycles. The van der Waals surface area contributed by atoms with E-state index in [4.69, 9.17) is 10.5 Å². The molecule has 21 heavy (non-hydrogen) atoms. The monoisotopic (exact) mass is 294 g/mol. The Hall–Kier alpha value is -1.62. The van der Waals surface area contributed by atoms with Crippen LogP contribution in [0.1, 0.15) is 44.2 Å². The minimum absolute atomic E-state index is 0.0546. The fraction of sp³-hybridized carbons (Fsp3) is 0.562. The molecule has 1 aliphatic rings. The summed E-state index contributed by atoms with van der Waals surface area (Å²) in [6.45, 7) is 1.82. The lowest BCUT2D eigenvalue weighted by atomic mass is 9.84. The van der Waals surface area contributed by atoms with Crippen LogP contribution < -0.4 is 15.8 Å². The minimum atomic E-state index is -0.346. The number of halogens is 1. The third-order valence-corrected chi connectivity index (χ3v) is 4.17. The Morgan fingerprint density at radius 3 is 2.81 bits per heavy atom. The molecule has 1 amide bonds. The molecule has 0 heterocycles. The molecule has 0 bridgehead atoms. The van der Waals surface area contributed by atoms with E-state index in [0.29, 0.717) is 11.3 Å². The molecular formula is C16H23FN2O2. The summed E-state index contributed by atoms with van der Waals surface area (Å²) in [6.07, 6.45) is 3.82. The number of amides is 1. The molecule has 0 aromatic heterocycles. The summed E-state index contributed by atoms with van der Waals surface area (Å²) in [4.78, 5) is 12.4. The zero-order chi connectivity index (χ0) is 15.4. The van der Waals surface area contributed by atoms with Crippen molar-refractivity contribution in [2.75, 3.05) is 7.11 Å². The molecule has 1 aromatic rings. The molecule has 0 radical (unpaired) electrons. The van der Waals surface area contributed by atoms with E-state index in [0.717, 1.165) is 25.7 Å². The van der Waals surface area contributed by atoms with Gasteiger partial charge in [0.2, 0.25) is 5.91 Å². The molecule has 4 nitrogen and oxygen atoms in total. The minimum Gasteiger partial charge on any atom is -0.496 e. The SMILES string of the molecule is COc1ccc(F)cc1C(C)NC(=O)C1CCCCC1N. The summed E-state index contributed by atoms with van der Waals surface area (Å²) < 4.78 is 18.6. The van der Waals surface area contributed by atoms with Gasteiger partial charge in [-0.25, -0.2) is 4.39 Å². The summed E-state index contributed by atoms with van der Waals surface area (Å²) in [5.41, 5.74) is 6.66. The molecule has 1 fully saturated rings. The van der Waals surface area contributed by atoms with Crippen LogP contribution in [0.2, 0.25) is 0 Å². The first-order valence-electron chi connectivity index (χ1n) is 7.42. The highest BCUT2D eigenvalue weighted by Crippen LogP contribution is 2.28. The van der Waals surface area contributed by atoms with Gasteiger partial charge in [-0.2, -0.15) is 0 Å². The lowest BCUT2D eigenvalue weighted by Gasteiger charge is -2.29. The number of methoxy groups -OCH3 is 1. The molecular weight excluding hydrogens is 271 g/mol. The zero-order valence-electron chi connectivity index (χ0n) is 12.6. The van der Waals surface area contributed by atoms with Crippen molar-refractivity contribution in [2.24, 2.45) is 11.7 Å². The van der Waals surface area contributed by atoms with Crippen molar-refractivity contribution in [3.63, 3.8) is 0 Å². The molecule has 1 aliphatic carbocycles. The van der Waals surface area contributed by atoms with Gasteiger partial charge in [-0.1, -0.05) is 12.8 Å². The van der Waals surface area contributed by atoms with Crippen molar-refractivity contribution in [1.29, 1.82) is 0 Å². The van der Waals surface area contributed by atoms with Crippen LogP contribution in [-0.4, -0.2) is 19.1 Å². The predicted molar refractivity (Wildman–Crippen MR) is 79.4 cm³/mol. The van der Waals surface area contributed by atoms with Crippen molar-refractivity contribution in [1.82, 2.24) is 5.32 Å². The summed E-state index contributed by atoms with van der Waals surface area (Å²) in [6, 6.07) is 3.90. The molecule has 0 spiro atoms. The maximum absolute atomic E-state index is 13.4. The van der Waals surface area contributed by atoms with Crippen molar-refractivity contribution >= 4 is 5.91 Å². The standard InChI is InChI=1S/C16H23FN2O2/c1-10(13-9-11(17)7-8-15(13)21-2)19-16(20)12-5-3-4-6-14(12)18/h7-10,12,14H,3-6,18H2,1-2H3,(H,19,20). The number of carbonyl (C=O) groups excluding carboxylic acids is 1. The normalized spacial score (nSPS) is 23.4. The second kappa shape index (κ2) is 6.89. The van der Waals surface area contributed by atoms with Gasteiger partial charge in [0, 0.05) is 11.6 Å². The van der Waals surface area contributed by atoms with Gasteiger partial charge in [-0.15, -0.1) is 0 Å². The highest BCUT2D eigenvalue weighted by atomic mass is 19.1. The van der Waals surface area contributed by atoms with Crippen LogP contribution in [0.4, 0.5) is 4.39 Å². The van der Waals surface area contributed by atoms with E-state index < -0.39 is 0 Å². The maximum atomic E-state index is 13.4. The lowest BCUT2D eigenvalue weighted by Crippen LogP contribution is -2.44. The predicted octanol–water partition coefficient (Wildman–Crippen LogP) is 2.53. The topological polar surface area (TPSA) is 64.3 Å². The van der Waals surface area contributed by atoms with Crippen molar-refractivity contribution in [2.45, 2.75) is 44.7 Å². The summed E-state index contributed by atoms with van der Waals surface area (Å²) in [7, 11) is 1.53. The van der Waals surface area contributed by atoms with E-state index in [9.17, 15) is 9.18 Å². The number of nitrogens with one attached hydrogen (secondary N) is 1. The largest absolute Gasteiger partial charge is 0.496 e. The molecule has 116 valence electrons. The average molecular weight is 294 g/mol. The van der Waals surface area contributed by atoms with Crippen LogP contribution in [0, 0.1) is 11.7 Å². The van der Waals surface area contributed by atoms with Crippen LogP contribution in [-0.2, 0) is 4.79 Å². The number of ether oxygens (including phenoxy) is 1. The van der Waals surface area contributed by atoms with E-state index in [1.165, 1.54) is 19.2 Å². The highest BCUT2D eigenvalue weighted by molar-refractivity contribution is 5.80. The van der Waals surface area contributed by atoms with Crippen molar-refractivity contribution in [3.8, 4) is 5.75 Å². The number of carbonyl (C=O) groups is 1. The zero-order valence-corrected chi connectivity index (χ0v) is 12.6. The number of benzene rings is 1. The first-order valence-corrected chi connectivity index (χ1v) is 7.42. The number of nitrogens with two attached hydrogens (primary N) is 1. The molecule has 5 heteroatoms. The van der Waals surface area contributed by atoms with Gasteiger partial charge in [-0.3, -0.25) is 4.79 Å². The van der Waals surface area contributed by atoms with Crippen LogP contribution in [0.5, 0.6) is 5.75 Å². The van der Waals surface area contributed by atoms with Crippen LogP contribution in [0.3, 0.4) is 0 Å². The first kappa shape index (κ1) is 15.8. The maximum Gasteiger partial charge on any atom is 0.225 e. The highest BCUT2D eigenvalue weighted by Gasteiger charge is 2.29. The molecule has 3 N–H and O–H groups in total. The van der Waals surface area contributed by atoms with Gasteiger partial charge in [0.15, 0.2) is 0 Å². The van der Waals surface area contributed by atoms with E-state index in [2.05, 4.69) is 5.32 Å². The number of hydrogen-bond donors (Lipinski definition) is 2. The van der Waals surface area contributed by atoms with Gasteiger partial charge in [-0.05, 0) is 38.0 Å². The fourth-order valence-electron chi connectivity index (χ4n) is 2.93. The van der Waals surface area contributed by atoms with Crippen LogP contribution in [0.25, 0.3) is 0 Å². The van der Waals surface area contributed by atoms with E-state index in [1.807, 2.05) is 6.92 Å². The molecule has 1 aromatic carbocycles. The molecule has 3 atom stereocenters. The van der Waals surface area contributed by atoms with Crippen LogP contribution in [0.15, 0.2) is 18.2 Å². The second-order valence-electron chi connectivity index (χ2n) is 5.67. The summed E-state index contributed by atoms with van der Waals surface area (Å²) in [5.74, 6) is 0.0141. The Kier molecular flexibility index (Phi) is 5.17. The van der Waals surface area contributed by atoms with Gasteiger partial charge in [0.25, 0.3) is 0 Å². The fourth-order valence-corrected chi connectivity index (χ4v) is 2.93. The second-order valence-corrected chi connectivity index (χ2v) is 5.67. The quantitative estimate of drug-likeness (QED) is 0.897. The number of hydrogen-bond acceptors (Lipinski definition) is 3. The Bertz CT molecular complexity index is 507. The van der Waals surface area contributed by atoms with Gasteiger partial charge in [0.1, 0.15) is 11.6 Å². The smallest absolute Gasteiger partial charge is 0.225 e. The third kappa shape index (κ3) is 3.73. The molecule has 0 aliphatic heterocycles. The van der Waals surface area contributed by atoms with Gasteiger partial charge >= 0.3 is 0 Å². The molecule has 0 saturated heterocycles. The Balaban J connectivity index is 2.08. The van der Waals surface area contributed by atoms with Crippen molar-refractivity contribution < 1.29 is 13.9 Å². The Morgan fingerprint density at radius 1 is 1.43 bits per heavy atom. The van der Waals surface area contributed by atoms with Gasteiger partial charge < -0.3 is 15.8 Å². The van der Waals surface area contributed by atoms with E-state index >= 15 is 0 Å². The summed E-state index contributed by atoms with van der Waals surface area (Å²) in [5, 5.41) is 2.93. The molecule has 3 unspecified atom stereocenters. The van der Waals surface area contributed by atoms with Crippen LogP contribution >= 0.6 is 0 Å². The van der Waals surface area contributed by atoms with E-state index in [1.54, 1.807) is 6.07 Å². The number of rotatable bonds is 4. The summed E-state index contributed by atoms with van der Waals surface area (Å²) >= 11 is 0.